The van der Waals surface area contributed by atoms with Gasteiger partial charge in [0.2, 0.25) is 0 Å². The third kappa shape index (κ3) is 4.49. The first kappa shape index (κ1) is 13.6. The molecular formula is C7H15Cl2N3O2P+. The van der Waals surface area contributed by atoms with Gasteiger partial charge in [-0.15, -0.1) is 27.7 Å². The number of rotatable bonds is 6. The summed E-state index contributed by atoms with van der Waals surface area (Å²) < 4.78 is 18.2. The Balaban J connectivity index is 2.44. The molecule has 15 heavy (non-hydrogen) atoms. The molecule has 0 radical (unpaired) electrons. The average Bonchev–Trinajstić information content (AvgIpc) is 2.25. The highest BCUT2D eigenvalue weighted by atomic mass is 35.5. The summed E-state index contributed by atoms with van der Waals surface area (Å²) in [7, 11) is -1.81. The van der Waals surface area contributed by atoms with Crippen LogP contribution in [0, 0.1) is 0 Å². The van der Waals surface area contributed by atoms with E-state index in [1.54, 1.807) is 4.78 Å². The number of nitrogens with one attached hydrogen (secondary N) is 2. The Bertz CT molecular complexity index is 211. The van der Waals surface area contributed by atoms with Gasteiger partial charge >= 0.3 is 8.18 Å². The van der Waals surface area contributed by atoms with Crippen molar-refractivity contribution in [2.24, 2.45) is 0 Å². The molecule has 88 valence electrons. The molecule has 0 bridgehead atoms. The molecule has 1 aliphatic heterocycles. The zero-order valence-electron chi connectivity index (χ0n) is 8.29. The summed E-state index contributed by atoms with van der Waals surface area (Å²) >= 11 is 11.1. The average molecular weight is 275 g/mol. The van der Waals surface area contributed by atoms with Crippen LogP contribution in [-0.2, 0) is 9.09 Å². The maximum absolute atomic E-state index is 11.5. The molecule has 1 heterocycles. The number of hydrogen-bond donors (Lipinski definition) is 2. The molecule has 2 unspecified atom stereocenters. The molecule has 1 saturated heterocycles. The molecule has 2 N–H and O–H groups in total. The van der Waals surface area contributed by atoms with E-state index in [-0.39, 0.29) is 6.17 Å². The van der Waals surface area contributed by atoms with Crippen LogP contribution < -0.4 is 10.7 Å². The Morgan fingerprint density at radius 2 is 2.13 bits per heavy atom. The van der Waals surface area contributed by atoms with Crippen LogP contribution in [0.1, 0.15) is 6.42 Å². The van der Waals surface area contributed by atoms with Crippen molar-refractivity contribution < 1.29 is 9.09 Å². The van der Waals surface area contributed by atoms with Gasteiger partial charge in [0, 0.05) is 36.0 Å². The second kappa shape index (κ2) is 7.74. The smallest absolute Gasteiger partial charge is 0.296 e. The number of hydrazine groups is 1. The fourth-order valence-corrected chi connectivity index (χ4v) is 2.49. The minimum atomic E-state index is -1.81. The number of nitrogens with zero attached hydrogens (tertiary/aromatic N) is 1. The fraction of sp³-hybridized carbons (Fsp3) is 1.00. The molecule has 0 spiro atoms. The Labute approximate surface area is 100 Å². The summed E-state index contributed by atoms with van der Waals surface area (Å²) in [6.45, 7) is 1.73. The van der Waals surface area contributed by atoms with E-state index in [0.29, 0.717) is 31.5 Å². The SMILES string of the molecule is O=[P+]1OCCC(NCCCl)N1NCCCl. The van der Waals surface area contributed by atoms with Crippen molar-refractivity contribution in [1.29, 1.82) is 0 Å². The quantitative estimate of drug-likeness (QED) is 0.564. The van der Waals surface area contributed by atoms with E-state index in [1.807, 2.05) is 0 Å². The first-order chi connectivity index (χ1) is 7.29. The van der Waals surface area contributed by atoms with Crippen LogP contribution in [0.2, 0.25) is 0 Å². The fourth-order valence-electron chi connectivity index (χ4n) is 1.28. The van der Waals surface area contributed by atoms with Gasteiger partial charge in [0.05, 0.1) is 0 Å². The van der Waals surface area contributed by atoms with Gasteiger partial charge in [-0.1, -0.05) is 0 Å². The normalized spacial score (nSPS) is 25.7. The van der Waals surface area contributed by atoms with Crippen molar-refractivity contribution in [2.75, 3.05) is 31.5 Å². The molecule has 8 heteroatoms. The summed E-state index contributed by atoms with van der Waals surface area (Å²) in [5.41, 5.74) is 2.97. The molecule has 0 aromatic carbocycles. The van der Waals surface area contributed by atoms with Gasteiger partial charge in [-0.2, -0.15) is 0 Å². The third-order valence-corrected chi connectivity index (χ3v) is 3.46. The molecule has 0 aliphatic carbocycles. The predicted molar refractivity (Wildman–Crippen MR) is 61.2 cm³/mol. The topological polar surface area (TPSA) is 53.6 Å². The maximum atomic E-state index is 11.5. The summed E-state index contributed by atoms with van der Waals surface area (Å²) in [5.74, 6) is 0.986. The van der Waals surface area contributed by atoms with Gasteiger partial charge in [-0.05, 0) is 4.57 Å². The molecule has 5 nitrogen and oxygen atoms in total. The van der Waals surface area contributed by atoms with Gasteiger partial charge in [-0.3, -0.25) is 5.32 Å². The maximum Gasteiger partial charge on any atom is 0.632 e. The van der Waals surface area contributed by atoms with E-state index in [4.69, 9.17) is 27.7 Å². The molecular weight excluding hydrogens is 260 g/mol. The van der Waals surface area contributed by atoms with E-state index in [2.05, 4.69) is 10.7 Å². The van der Waals surface area contributed by atoms with Gasteiger partial charge in [0.25, 0.3) is 0 Å². The molecule has 1 rings (SSSR count). The Kier molecular flexibility index (Phi) is 7.01. The molecule has 1 fully saturated rings. The van der Waals surface area contributed by atoms with Crippen LogP contribution in [0.25, 0.3) is 0 Å². The van der Waals surface area contributed by atoms with Crippen molar-refractivity contribution >= 4 is 31.4 Å². The van der Waals surface area contributed by atoms with E-state index >= 15 is 0 Å². The second-order valence-electron chi connectivity index (χ2n) is 2.96. The van der Waals surface area contributed by atoms with E-state index in [1.165, 1.54) is 0 Å². The molecule has 1 aliphatic rings. The molecule has 0 amide bonds. The van der Waals surface area contributed by atoms with E-state index in [0.717, 1.165) is 6.42 Å². The van der Waals surface area contributed by atoms with Crippen molar-refractivity contribution in [3.8, 4) is 0 Å². The van der Waals surface area contributed by atoms with Crippen LogP contribution in [-0.4, -0.2) is 42.4 Å². The van der Waals surface area contributed by atoms with Gasteiger partial charge < -0.3 is 0 Å². The lowest BCUT2D eigenvalue weighted by molar-refractivity contribution is 0.116. The summed E-state index contributed by atoms with van der Waals surface area (Å²) in [5, 5.41) is 3.19. The van der Waals surface area contributed by atoms with Crippen molar-refractivity contribution in [1.82, 2.24) is 15.5 Å². The minimum Gasteiger partial charge on any atom is -0.296 e. The molecule has 0 aromatic rings. The van der Waals surface area contributed by atoms with Crippen LogP contribution in [0.4, 0.5) is 0 Å². The summed E-state index contributed by atoms with van der Waals surface area (Å²) in [6.07, 6.45) is 0.761. The lowest BCUT2D eigenvalue weighted by atomic mass is 10.3. The summed E-state index contributed by atoms with van der Waals surface area (Å²) in [4.78, 5) is 0. The van der Waals surface area contributed by atoms with Crippen LogP contribution in [0.3, 0.4) is 0 Å². The van der Waals surface area contributed by atoms with Crippen LogP contribution >= 0.6 is 31.4 Å². The van der Waals surface area contributed by atoms with E-state index < -0.39 is 8.18 Å². The zero-order valence-corrected chi connectivity index (χ0v) is 10.7. The van der Waals surface area contributed by atoms with Gasteiger partial charge in [-0.25, -0.2) is 5.43 Å². The standard InChI is InChI=1S/C7H15Cl2N3O2P/c8-2-4-10-7-1-6-14-15(13)12(7)11-5-3-9/h7,10-11H,1-6H2/q+1. The lowest BCUT2D eigenvalue weighted by Gasteiger charge is -2.25. The monoisotopic (exact) mass is 274 g/mol. The predicted octanol–water partition coefficient (Wildman–Crippen LogP) is 1.26. The summed E-state index contributed by atoms with van der Waals surface area (Å²) in [6, 6.07) is 0. The van der Waals surface area contributed by atoms with Crippen LogP contribution in [0.5, 0.6) is 0 Å². The minimum absolute atomic E-state index is 0.00988. The number of halogens is 2. The van der Waals surface area contributed by atoms with Crippen molar-refractivity contribution in [3.05, 3.63) is 0 Å². The largest absolute Gasteiger partial charge is 0.632 e. The highest BCUT2D eigenvalue weighted by Crippen LogP contribution is 2.33. The highest BCUT2D eigenvalue weighted by Gasteiger charge is 2.41. The first-order valence-electron chi connectivity index (χ1n) is 4.77. The van der Waals surface area contributed by atoms with Gasteiger partial charge in [0.1, 0.15) is 12.8 Å². The Morgan fingerprint density at radius 1 is 1.40 bits per heavy atom. The van der Waals surface area contributed by atoms with Crippen LogP contribution in [0.15, 0.2) is 0 Å². The molecule has 0 aromatic heterocycles. The van der Waals surface area contributed by atoms with E-state index in [9.17, 15) is 4.57 Å². The molecule has 0 saturated carbocycles. The lowest BCUT2D eigenvalue weighted by Crippen LogP contribution is -2.52. The Morgan fingerprint density at radius 3 is 2.80 bits per heavy atom. The van der Waals surface area contributed by atoms with Crippen molar-refractivity contribution in [3.63, 3.8) is 0 Å². The second-order valence-corrected chi connectivity index (χ2v) is 4.88. The van der Waals surface area contributed by atoms with Crippen molar-refractivity contribution in [2.45, 2.75) is 12.6 Å². The number of hydrogen-bond acceptors (Lipinski definition) is 4. The molecule has 2 atom stereocenters. The zero-order chi connectivity index (χ0) is 11.1. The Hall–Kier alpha value is 0.520. The van der Waals surface area contributed by atoms with Gasteiger partial charge in [0.15, 0.2) is 0 Å². The number of alkyl halides is 2. The first-order valence-corrected chi connectivity index (χ1v) is 6.97. The third-order valence-electron chi connectivity index (χ3n) is 1.91. The highest BCUT2D eigenvalue weighted by molar-refractivity contribution is 7.36.